The molecule has 1 saturated heterocycles. The molecule has 0 amide bonds. The fourth-order valence-electron chi connectivity index (χ4n) is 1.80. The number of ether oxygens (including phenoxy) is 1. The van der Waals surface area contributed by atoms with Gasteiger partial charge in [0.25, 0.3) is 0 Å². The quantitative estimate of drug-likeness (QED) is 0.746. The van der Waals surface area contributed by atoms with Crippen LogP contribution < -0.4 is 5.32 Å². The Balaban J connectivity index is 0.00000256. The van der Waals surface area contributed by atoms with E-state index < -0.39 is 10.0 Å². The molecule has 17 heavy (non-hydrogen) atoms. The lowest BCUT2D eigenvalue weighted by atomic mass is 10.2. The second-order valence-corrected chi connectivity index (χ2v) is 6.28. The monoisotopic (exact) mass is 286 g/mol. The second-order valence-electron chi connectivity index (χ2n) is 4.24. The van der Waals surface area contributed by atoms with Crippen LogP contribution in [-0.2, 0) is 14.8 Å². The highest BCUT2D eigenvalue weighted by molar-refractivity contribution is 7.89. The minimum Gasteiger partial charge on any atom is -0.381 e. The van der Waals surface area contributed by atoms with Crippen LogP contribution in [0, 0.1) is 0 Å². The highest BCUT2D eigenvalue weighted by Gasteiger charge is 2.31. The standard InChI is InChI=1S/C10H22N2O3S.ClH/c1-4-15-5-6-16(13,14)12-8-9(2)11-7-10(12)3;/h9-11H,4-8H2,1-3H3;1H. The van der Waals surface area contributed by atoms with E-state index in [-0.39, 0.29) is 36.9 Å². The Morgan fingerprint density at radius 3 is 2.65 bits per heavy atom. The van der Waals surface area contributed by atoms with E-state index in [0.717, 1.165) is 6.54 Å². The Bertz CT molecular complexity index is 311. The average Bonchev–Trinajstić information content (AvgIpc) is 2.22. The van der Waals surface area contributed by atoms with Crippen molar-refractivity contribution < 1.29 is 13.2 Å². The molecule has 2 unspecified atom stereocenters. The van der Waals surface area contributed by atoms with Gasteiger partial charge in [0.15, 0.2) is 0 Å². The van der Waals surface area contributed by atoms with Crippen molar-refractivity contribution in [3.63, 3.8) is 0 Å². The summed E-state index contributed by atoms with van der Waals surface area (Å²) in [6.07, 6.45) is 0. The predicted octanol–water partition coefficient (Wildman–Crippen LogP) is 0.457. The van der Waals surface area contributed by atoms with E-state index in [1.807, 2.05) is 20.8 Å². The molecule has 0 aromatic rings. The summed E-state index contributed by atoms with van der Waals surface area (Å²) in [6, 6.07) is 0.251. The van der Waals surface area contributed by atoms with Crippen LogP contribution in [0.3, 0.4) is 0 Å². The summed E-state index contributed by atoms with van der Waals surface area (Å²) in [4.78, 5) is 0. The topological polar surface area (TPSA) is 58.6 Å². The van der Waals surface area contributed by atoms with Crippen LogP contribution in [-0.4, -0.2) is 56.9 Å². The summed E-state index contributed by atoms with van der Waals surface area (Å²) in [5.74, 6) is 0.0813. The Hall–Kier alpha value is 0.120. The maximum absolute atomic E-state index is 12.0. The van der Waals surface area contributed by atoms with E-state index in [9.17, 15) is 8.42 Å². The van der Waals surface area contributed by atoms with Gasteiger partial charge < -0.3 is 10.1 Å². The molecule has 1 aliphatic heterocycles. The van der Waals surface area contributed by atoms with E-state index in [1.54, 1.807) is 4.31 Å². The summed E-state index contributed by atoms with van der Waals surface area (Å²) in [6.45, 7) is 7.90. The van der Waals surface area contributed by atoms with Crippen molar-refractivity contribution in [1.29, 1.82) is 0 Å². The van der Waals surface area contributed by atoms with Crippen molar-refractivity contribution >= 4 is 22.4 Å². The van der Waals surface area contributed by atoms with Crippen LogP contribution in [0.1, 0.15) is 20.8 Å². The molecule has 5 nitrogen and oxygen atoms in total. The molecule has 0 aromatic heterocycles. The Morgan fingerprint density at radius 1 is 1.41 bits per heavy atom. The average molecular weight is 287 g/mol. The Labute approximate surface area is 110 Å². The first-order chi connectivity index (χ1) is 7.47. The highest BCUT2D eigenvalue weighted by Crippen LogP contribution is 2.12. The summed E-state index contributed by atoms with van der Waals surface area (Å²) in [7, 11) is -3.17. The van der Waals surface area contributed by atoms with E-state index >= 15 is 0 Å². The SMILES string of the molecule is CCOCCS(=O)(=O)N1CC(C)NCC1C.Cl. The maximum Gasteiger partial charge on any atom is 0.216 e. The fourth-order valence-corrected chi connectivity index (χ4v) is 3.44. The predicted molar refractivity (Wildman–Crippen MR) is 71.2 cm³/mol. The van der Waals surface area contributed by atoms with Crippen molar-refractivity contribution in [3.8, 4) is 0 Å². The third-order valence-electron chi connectivity index (χ3n) is 2.75. The largest absolute Gasteiger partial charge is 0.381 e. The number of hydrogen-bond acceptors (Lipinski definition) is 4. The van der Waals surface area contributed by atoms with Crippen molar-refractivity contribution in [3.05, 3.63) is 0 Å². The molecule has 1 fully saturated rings. The third-order valence-corrected chi connectivity index (χ3v) is 4.66. The molecule has 0 bridgehead atoms. The van der Waals surface area contributed by atoms with Gasteiger partial charge in [0.2, 0.25) is 10.0 Å². The molecule has 1 heterocycles. The summed E-state index contributed by atoms with van der Waals surface area (Å²) >= 11 is 0. The number of sulfonamides is 1. The number of hydrogen-bond donors (Lipinski definition) is 1. The van der Waals surface area contributed by atoms with E-state index in [0.29, 0.717) is 13.2 Å². The van der Waals surface area contributed by atoms with Gasteiger partial charge in [-0.3, -0.25) is 0 Å². The maximum atomic E-state index is 12.0. The van der Waals surface area contributed by atoms with Crippen LogP contribution in [0.15, 0.2) is 0 Å². The second kappa shape index (κ2) is 7.53. The fraction of sp³-hybridized carbons (Fsp3) is 1.00. The molecule has 1 aliphatic rings. The van der Waals surface area contributed by atoms with Gasteiger partial charge in [-0.25, -0.2) is 8.42 Å². The molecule has 7 heteroatoms. The van der Waals surface area contributed by atoms with Crippen molar-refractivity contribution in [2.75, 3.05) is 32.1 Å². The van der Waals surface area contributed by atoms with Crippen LogP contribution in [0.2, 0.25) is 0 Å². The zero-order valence-electron chi connectivity index (χ0n) is 10.7. The minimum atomic E-state index is -3.17. The van der Waals surface area contributed by atoms with Gasteiger partial charge in [0.1, 0.15) is 0 Å². The first-order valence-electron chi connectivity index (χ1n) is 5.78. The molecule has 1 N–H and O–H groups in total. The number of piperazine rings is 1. The zero-order chi connectivity index (χ0) is 12.2. The van der Waals surface area contributed by atoms with E-state index in [1.165, 1.54) is 0 Å². The number of nitrogens with zero attached hydrogens (tertiary/aromatic N) is 1. The van der Waals surface area contributed by atoms with Gasteiger partial charge in [0.05, 0.1) is 12.4 Å². The minimum absolute atomic E-state index is 0. The van der Waals surface area contributed by atoms with Gasteiger partial charge in [-0.1, -0.05) is 0 Å². The molecule has 0 radical (unpaired) electrons. The van der Waals surface area contributed by atoms with Crippen LogP contribution in [0.25, 0.3) is 0 Å². The molecule has 0 aromatic carbocycles. The molecule has 0 saturated carbocycles. The van der Waals surface area contributed by atoms with Gasteiger partial charge in [-0.2, -0.15) is 4.31 Å². The van der Waals surface area contributed by atoms with Gasteiger partial charge in [-0.05, 0) is 20.8 Å². The van der Waals surface area contributed by atoms with Gasteiger partial charge in [0, 0.05) is 31.8 Å². The highest BCUT2D eigenvalue weighted by atomic mass is 35.5. The van der Waals surface area contributed by atoms with Crippen molar-refractivity contribution in [1.82, 2.24) is 9.62 Å². The normalized spacial score (nSPS) is 26.5. The molecule has 104 valence electrons. The number of halogens is 1. The van der Waals surface area contributed by atoms with Crippen LogP contribution >= 0.6 is 12.4 Å². The third kappa shape index (κ3) is 5.09. The lowest BCUT2D eigenvalue weighted by Gasteiger charge is -2.36. The zero-order valence-corrected chi connectivity index (χ0v) is 12.3. The Kier molecular flexibility index (Phi) is 7.58. The van der Waals surface area contributed by atoms with E-state index in [2.05, 4.69) is 5.32 Å². The number of rotatable bonds is 5. The van der Waals surface area contributed by atoms with Crippen LogP contribution in [0.4, 0.5) is 0 Å². The smallest absolute Gasteiger partial charge is 0.216 e. The van der Waals surface area contributed by atoms with E-state index in [4.69, 9.17) is 4.74 Å². The van der Waals surface area contributed by atoms with Crippen molar-refractivity contribution in [2.45, 2.75) is 32.9 Å². The lowest BCUT2D eigenvalue weighted by molar-refractivity contribution is 0.161. The molecular weight excluding hydrogens is 264 g/mol. The summed E-state index contributed by atoms with van der Waals surface area (Å²) < 4.78 is 30.8. The van der Waals surface area contributed by atoms with Gasteiger partial charge >= 0.3 is 0 Å². The molecule has 0 spiro atoms. The summed E-state index contributed by atoms with van der Waals surface area (Å²) in [5.41, 5.74) is 0. The van der Waals surface area contributed by atoms with Crippen LogP contribution in [0.5, 0.6) is 0 Å². The molecular formula is C10H23ClN2O3S. The number of nitrogens with one attached hydrogen (secondary N) is 1. The lowest BCUT2D eigenvalue weighted by Crippen LogP contribution is -2.56. The first kappa shape index (κ1) is 17.1. The molecule has 0 aliphatic carbocycles. The van der Waals surface area contributed by atoms with Gasteiger partial charge in [-0.15, -0.1) is 12.4 Å². The van der Waals surface area contributed by atoms with Crippen molar-refractivity contribution in [2.24, 2.45) is 0 Å². The first-order valence-corrected chi connectivity index (χ1v) is 7.39. The molecule has 1 rings (SSSR count). The molecule has 2 atom stereocenters. The summed E-state index contributed by atoms with van der Waals surface area (Å²) in [5, 5.41) is 3.26. The Morgan fingerprint density at radius 2 is 2.06 bits per heavy atom.